The summed E-state index contributed by atoms with van der Waals surface area (Å²) in [5.41, 5.74) is 1.25. The van der Waals surface area contributed by atoms with E-state index in [1.165, 1.54) is 5.56 Å². The van der Waals surface area contributed by atoms with Crippen LogP contribution in [0.5, 0.6) is 5.75 Å². The molecular formula is C20H28N2O3. The van der Waals surface area contributed by atoms with Crippen LogP contribution in [0.2, 0.25) is 0 Å². The van der Waals surface area contributed by atoms with Crippen molar-refractivity contribution in [3.05, 3.63) is 29.8 Å². The SMILES string of the molecule is CC(Oc1ccc(C(C)C)cc1)C(=O)N1CCN(C(=O)C2CC2)CC1. The molecule has 2 fully saturated rings. The molecule has 0 N–H and O–H groups in total. The summed E-state index contributed by atoms with van der Waals surface area (Å²) < 4.78 is 5.81. The Morgan fingerprint density at radius 3 is 2.04 bits per heavy atom. The van der Waals surface area contributed by atoms with Crippen molar-refractivity contribution in [1.82, 2.24) is 9.80 Å². The van der Waals surface area contributed by atoms with E-state index < -0.39 is 6.10 Å². The van der Waals surface area contributed by atoms with Crippen molar-refractivity contribution in [2.24, 2.45) is 5.92 Å². The van der Waals surface area contributed by atoms with Crippen molar-refractivity contribution < 1.29 is 14.3 Å². The number of carbonyl (C=O) groups excluding carboxylic acids is 2. The summed E-state index contributed by atoms with van der Waals surface area (Å²) in [5, 5.41) is 0. The van der Waals surface area contributed by atoms with E-state index in [4.69, 9.17) is 4.74 Å². The standard InChI is InChI=1S/C20H28N2O3/c1-14(2)16-6-8-18(9-7-16)25-15(3)19(23)21-10-12-22(13-11-21)20(24)17-4-5-17/h6-9,14-15,17H,4-5,10-13H2,1-3H3. The van der Waals surface area contributed by atoms with Crippen LogP contribution in [0, 0.1) is 5.92 Å². The second kappa shape index (κ2) is 7.46. The molecule has 5 heteroatoms. The molecule has 25 heavy (non-hydrogen) atoms. The van der Waals surface area contributed by atoms with Gasteiger partial charge in [-0.15, -0.1) is 0 Å². The van der Waals surface area contributed by atoms with Crippen LogP contribution < -0.4 is 4.74 Å². The lowest BCUT2D eigenvalue weighted by Crippen LogP contribution is -2.53. The van der Waals surface area contributed by atoms with Crippen molar-refractivity contribution in [1.29, 1.82) is 0 Å². The van der Waals surface area contributed by atoms with Gasteiger partial charge < -0.3 is 14.5 Å². The molecule has 3 rings (SSSR count). The minimum atomic E-state index is -0.518. The molecule has 1 heterocycles. The van der Waals surface area contributed by atoms with Crippen LogP contribution in [0.15, 0.2) is 24.3 Å². The highest BCUT2D eigenvalue weighted by atomic mass is 16.5. The van der Waals surface area contributed by atoms with Gasteiger partial charge >= 0.3 is 0 Å². The lowest BCUT2D eigenvalue weighted by Gasteiger charge is -2.36. The maximum absolute atomic E-state index is 12.6. The lowest BCUT2D eigenvalue weighted by atomic mass is 10.0. The van der Waals surface area contributed by atoms with Crippen molar-refractivity contribution in [2.45, 2.75) is 45.6 Å². The highest BCUT2D eigenvalue weighted by Gasteiger charge is 2.35. The number of benzene rings is 1. The van der Waals surface area contributed by atoms with E-state index in [0.717, 1.165) is 12.8 Å². The molecule has 0 bridgehead atoms. The molecule has 1 saturated heterocycles. The molecule has 1 aromatic rings. The van der Waals surface area contributed by atoms with Gasteiger partial charge in [-0.3, -0.25) is 9.59 Å². The fourth-order valence-electron chi connectivity index (χ4n) is 3.18. The van der Waals surface area contributed by atoms with Crippen molar-refractivity contribution in [3.63, 3.8) is 0 Å². The van der Waals surface area contributed by atoms with Crippen molar-refractivity contribution >= 4 is 11.8 Å². The fourth-order valence-corrected chi connectivity index (χ4v) is 3.18. The smallest absolute Gasteiger partial charge is 0.263 e. The van der Waals surface area contributed by atoms with Crippen LogP contribution in [0.1, 0.15) is 45.1 Å². The van der Waals surface area contributed by atoms with Crippen LogP contribution in [0.25, 0.3) is 0 Å². The average Bonchev–Trinajstić information content (AvgIpc) is 3.46. The van der Waals surface area contributed by atoms with E-state index in [1.54, 1.807) is 6.92 Å². The molecule has 136 valence electrons. The van der Waals surface area contributed by atoms with Crippen LogP contribution in [-0.2, 0) is 9.59 Å². The highest BCUT2D eigenvalue weighted by Crippen LogP contribution is 2.31. The van der Waals surface area contributed by atoms with Gasteiger partial charge in [-0.05, 0) is 43.4 Å². The summed E-state index contributed by atoms with van der Waals surface area (Å²) in [5.74, 6) is 1.70. The number of rotatable bonds is 5. The summed E-state index contributed by atoms with van der Waals surface area (Å²) >= 11 is 0. The molecule has 0 radical (unpaired) electrons. The monoisotopic (exact) mass is 344 g/mol. The Bertz CT molecular complexity index is 614. The number of hydrogen-bond acceptors (Lipinski definition) is 3. The molecule has 1 saturated carbocycles. The Kier molecular flexibility index (Phi) is 5.30. The van der Waals surface area contributed by atoms with Gasteiger partial charge in [0.15, 0.2) is 6.10 Å². The lowest BCUT2D eigenvalue weighted by molar-refractivity contribution is -0.144. The fraction of sp³-hybridized carbons (Fsp3) is 0.600. The number of amides is 2. The summed E-state index contributed by atoms with van der Waals surface area (Å²) in [6.45, 7) is 8.55. The normalized spacial score (nSPS) is 19.0. The molecule has 5 nitrogen and oxygen atoms in total. The summed E-state index contributed by atoms with van der Waals surface area (Å²) in [6.07, 6.45) is 1.53. The number of piperazine rings is 1. The number of hydrogen-bond donors (Lipinski definition) is 0. The third kappa shape index (κ3) is 4.33. The van der Waals surface area contributed by atoms with Crippen LogP contribution in [-0.4, -0.2) is 53.9 Å². The molecular weight excluding hydrogens is 316 g/mol. The van der Waals surface area contributed by atoms with E-state index in [2.05, 4.69) is 13.8 Å². The molecule has 0 aromatic heterocycles. The number of ether oxygens (including phenoxy) is 1. The largest absolute Gasteiger partial charge is 0.481 e. The summed E-state index contributed by atoms with van der Waals surface area (Å²) in [7, 11) is 0. The Morgan fingerprint density at radius 1 is 0.960 bits per heavy atom. The van der Waals surface area contributed by atoms with E-state index in [9.17, 15) is 9.59 Å². The average molecular weight is 344 g/mol. The number of nitrogens with zero attached hydrogens (tertiary/aromatic N) is 2. The third-order valence-corrected chi connectivity index (χ3v) is 5.04. The predicted octanol–water partition coefficient (Wildman–Crippen LogP) is 2.66. The van der Waals surface area contributed by atoms with Crippen LogP contribution in [0.4, 0.5) is 0 Å². The van der Waals surface area contributed by atoms with Crippen LogP contribution in [0.3, 0.4) is 0 Å². The molecule has 1 aliphatic carbocycles. The van der Waals surface area contributed by atoms with Gasteiger partial charge in [-0.1, -0.05) is 26.0 Å². The minimum absolute atomic E-state index is 0.00791. The Hall–Kier alpha value is -2.04. The Morgan fingerprint density at radius 2 is 1.52 bits per heavy atom. The Labute approximate surface area is 149 Å². The third-order valence-electron chi connectivity index (χ3n) is 5.04. The summed E-state index contributed by atoms with van der Waals surface area (Å²) in [6, 6.07) is 7.93. The molecule has 1 atom stereocenters. The second-order valence-corrected chi connectivity index (χ2v) is 7.41. The summed E-state index contributed by atoms with van der Waals surface area (Å²) in [4.78, 5) is 28.4. The number of carbonyl (C=O) groups is 2. The zero-order chi connectivity index (χ0) is 18.0. The molecule has 1 aromatic carbocycles. The van der Waals surface area contributed by atoms with E-state index in [-0.39, 0.29) is 17.7 Å². The maximum atomic E-state index is 12.6. The molecule has 0 spiro atoms. The predicted molar refractivity (Wildman–Crippen MR) is 96.5 cm³/mol. The van der Waals surface area contributed by atoms with E-state index in [0.29, 0.717) is 37.8 Å². The molecule has 1 aliphatic heterocycles. The van der Waals surface area contributed by atoms with Gasteiger partial charge in [0.1, 0.15) is 5.75 Å². The highest BCUT2D eigenvalue weighted by molar-refractivity contribution is 5.83. The molecule has 1 unspecified atom stereocenters. The van der Waals surface area contributed by atoms with Gasteiger partial charge in [0.2, 0.25) is 5.91 Å². The second-order valence-electron chi connectivity index (χ2n) is 7.41. The van der Waals surface area contributed by atoms with Crippen LogP contribution >= 0.6 is 0 Å². The molecule has 2 aliphatic rings. The van der Waals surface area contributed by atoms with Gasteiger partial charge in [0.05, 0.1) is 0 Å². The first kappa shape index (κ1) is 17.8. The van der Waals surface area contributed by atoms with Gasteiger partial charge in [-0.25, -0.2) is 0 Å². The van der Waals surface area contributed by atoms with Crippen molar-refractivity contribution in [2.75, 3.05) is 26.2 Å². The van der Waals surface area contributed by atoms with Gasteiger partial charge in [0, 0.05) is 32.1 Å². The zero-order valence-corrected chi connectivity index (χ0v) is 15.4. The minimum Gasteiger partial charge on any atom is -0.481 e. The topological polar surface area (TPSA) is 49.9 Å². The quantitative estimate of drug-likeness (QED) is 0.825. The molecule has 2 amide bonds. The van der Waals surface area contributed by atoms with Gasteiger partial charge in [-0.2, -0.15) is 0 Å². The first-order valence-corrected chi connectivity index (χ1v) is 9.30. The zero-order valence-electron chi connectivity index (χ0n) is 15.4. The van der Waals surface area contributed by atoms with Gasteiger partial charge in [0.25, 0.3) is 5.91 Å². The first-order chi connectivity index (χ1) is 12.0. The Balaban J connectivity index is 1.49. The van der Waals surface area contributed by atoms with E-state index in [1.807, 2.05) is 34.1 Å². The first-order valence-electron chi connectivity index (χ1n) is 9.30. The van der Waals surface area contributed by atoms with E-state index >= 15 is 0 Å². The van der Waals surface area contributed by atoms with Crippen molar-refractivity contribution in [3.8, 4) is 5.75 Å². The maximum Gasteiger partial charge on any atom is 0.263 e.